The van der Waals surface area contributed by atoms with Crippen molar-refractivity contribution in [3.63, 3.8) is 0 Å². The van der Waals surface area contributed by atoms with Gasteiger partial charge in [-0.3, -0.25) is 4.99 Å². The second-order valence-corrected chi connectivity index (χ2v) is 6.22. The molecule has 1 saturated heterocycles. The molecule has 0 aliphatic carbocycles. The number of aliphatic imine (C=N–C) groups is 1. The van der Waals surface area contributed by atoms with Gasteiger partial charge >= 0.3 is 0 Å². The Morgan fingerprint density at radius 2 is 2.13 bits per heavy atom. The summed E-state index contributed by atoms with van der Waals surface area (Å²) in [6.07, 6.45) is 6.56. The monoisotopic (exact) mass is 337 g/mol. The Kier molecular flexibility index (Phi) is 8.18. The van der Waals surface area contributed by atoms with Crippen LogP contribution in [0.3, 0.4) is 0 Å². The van der Waals surface area contributed by atoms with Crippen LogP contribution in [-0.2, 0) is 6.42 Å². The van der Waals surface area contributed by atoms with Crippen LogP contribution < -0.4 is 10.6 Å². The maximum Gasteiger partial charge on any atom is 0.191 e. The first-order valence-corrected chi connectivity index (χ1v) is 9.00. The van der Waals surface area contributed by atoms with E-state index in [4.69, 9.17) is 11.6 Å². The van der Waals surface area contributed by atoms with Gasteiger partial charge in [0.2, 0.25) is 0 Å². The summed E-state index contributed by atoms with van der Waals surface area (Å²) in [4.78, 5) is 11.3. The summed E-state index contributed by atoms with van der Waals surface area (Å²) in [5.41, 5.74) is 1.17. The molecule has 128 valence electrons. The number of aromatic nitrogens is 1. The number of nitrogens with one attached hydrogen (secondary N) is 2. The van der Waals surface area contributed by atoms with Crippen molar-refractivity contribution in [1.29, 1.82) is 0 Å². The quantitative estimate of drug-likeness (QED) is 0.331. The van der Waals surface area contributed by atoms with Crippen molar-refractivity contribution in [2.45, 2.75) is 32.6 Å². The van der Waals surface area contributed by atoms with Crippen LogP contribution in [0.1, 0.15) is 31.7 Å². The van der Waals surface area contributed by atoms with E-state index in [0.717, 1.165) is 38.4 Å². The maximum absolute atomic E-state index is 5.80. The molecule has 0 aromatic carbocycles. The van der Waals surface area contributed by atoms with Crippen LogP contribution >= 0.6 is 11.6 Å². The van der Waals surface area contributed by atoms with Crippen molar-refractivity contribution in [3.05, 3.63) is 29.0 Å². The molecule has 0 radical (unpaired) electrons. The average molecular weight is 338 g/mol. The fourth-order valence-corrected chi connectivity index (χ4v) is 2.82. The topological polar surface area (TPSA) is 52.6 Å². The number of halogens is 1. The molecule has 1 aromatic rings. The van der Waals surface area contributed by atoms with E-state index in [0.29, 0.717) is 5.15 Å². The third-order valence-electron chi connectivity index (χ3n) is 3.94. The minimum Gasteiger partial charge on any atom is -0.357 e. The molecule has 2 heterocycles. The Morgan fingerprint density at radius 1 is 1.30 bits per heavy atom. The van der Waals surface area contributed by atoms with Crippen LogP contribution in [0.4, 0.5) is 0 Å². The molecule has 0 atom stereocenters. The van der Waals surface area contributed by atoms with Gasteiger partial charge in [-0.05, 0) is 63.9 Å². The number of guanidine groups is 1. The molecule has 1 aromatic heterocycles. The second-order valence-electron chi connectivity index (χ2n) is 5.83. The molecular weight excluding hydrogens is 310 g/mol. The molecule has 1 aliphatic heterocycles. The summed E-state index contributed by atoms with van der Waals surface area (Å²) >= 11 is 5.80. The van der Waals surface area contributed by atoms with Crippen molar-refractivity contribution in [1.82, 2.24) is 20.5 Å². The van der Waals surface area contributed by atoms with Crippen LogP contribution in [0.5, 0.6) is 0 Å². The highest BCUT2D eigenvalue weighted by molar-refractivity contribution is 6.29. The number of hydrogen-bond acceptors (Lipinski definition) is 3. The van der Waals surface area contributed by atoms with Gasteiger partial charge in [0, 0.05) is 25.8 Å². The number of likely N-dealkylation sites (tertiary alicyclic amines) is 1. The van der Waals surface area contributed by atoms with E-state index >= 15 is 0 Å². The normalized spacial score (nSPS) is 15.8. The average Bonchev–Trinajstić information content (AvgIpc) is 3.07. The van der Waals surface area contributed by atoms with Crippen molar-refractivity contribution in [2.75, 3.05) is 39.3 Å². The molecule has 1 fully saturated rings. The van der Waals surface area contributed by atoms with E-state index in [2.05, 4.69) is 32.4 Å². The van der Waals surface area contributed by atoms with Crippen LogP contribution in [0.25, 0.3) is 0 Å². The Hall–Kier alpha value is -1.33. The summed E-state index contributed by atoms with van der Waals surface area (Å²) in [6.45, 7) is 8.36. The number of rotatable bonds is 8. The number of nitrogens with zero attached hydrogens (tertiary/aromatic N) is 3. The standard InChI is InChI=1S/C17H28ClN5/c1-2-19-17(20-9-5-13-23-11-3-4-12-23)21-10-8-15-6-7-16(18)22-14-15/h6-7,14H,2-5,8-13H2,1H3,(H2,19,20,21). The predicted molar refractivity (Wildman–Crippen MR) is 97.2 cm³/mol. The number of hydrogen-bond donors (Lipinski definition) is 2. The fraction of sp³-hybridized carbons (Fsp3) is 0.647. The van der Waals surface area contributed by atoms with Gasteiger partial charge in [-0.15, -0.1) is 0 Å². The zero-order valence-electron chi connectivity index (χ0n) is 14.0. The van der Waals surface area contributed by atoms with Crippen molar-refractivity contribution < 1.29 is 0 Å². The van der Waals surface area contributed by atoms with Crippen LogP contribution in [0.15, 0.2) is 23.3 Å². The molecule has 23 heavy (non-hydrogen) atoms. The summed E-state index contributed by atoms with van der Waals surface area (Å²) in [5, 5.41) is 7.21. The fourth-order valence-electron chi connectivity index (χ4n) is 2.71. The van der Waals surface area contributed by atoms with Gasteiger partial charge in [0.05, 0.1) is 0 Å². The molecule has 5 nitrogen and oxygen atoms in total. The molecule has 6 heteroatoms. The lowest BCUT2D eigenvalue weighted by Crippen LogP contribution is -2.38. The van der Waals surface area contributed by atoms with Crippen molar-refractivity contribution >= 4 is 17.6 Å². The van der Waals surface area contributed by atoms with Gasteiger partial charge in [-0.1, -0.05) is 17.7 Å². The van der Waals surface area contributed by atoms with E-state index in [9.17, 15) is 0 Å². The highest BCUT2D eigenvalue weighted by Gasteiger charge is 2.09. The number of pyridine rings is 1. The van der Waals surface area contributed by atoms with Gasteiger partial charge in [-0.25, -0.2) is 4.98 Å². The van der Waals surface area contributed by atoms with Crippen LogP contribution in [0, 0.1) is 0 Å². The summed E-state index contributed by atoms with van der Waals surface area (Å²) in [6, 6.07) is 3.84. The smallest absolute Gasteiger partial charge is 0.191 e. The van der Waals surface area contributed by atoms with E-state index in [-0.39, 0.29) is 0 Å². The molecule has 0 saturated carbocycles. The van der Waals surface area contributed by atoms with E-state index in [1.54, 1.807) is 0 Å². The third kappa shape index (κ3) is 7.18. The first-order valence-electron chi connectivity index (χ1n) is 8.63. The molecule has 2 rings (SSSR count). The Bertz CT molecular complexity index is 468. The lowest BCUT2D eigenvalue weighted by atomic mass is 10.2. The minimum atomic E-state index is 0.537. The Balaban J connectivity index is 1.67. The minimum absolute atomic E-state index is 0.537. The molecule has 0 spiro atoms. The summed E-state index contributed by atoms with van der Waals surface area (Å²) in [7, 11) is 0. The van der Waals surface area contributed by atoms with Crippen molar-refractivity contribution in [3.8, 4) is 0 Å². The molecule has 2 N–H and O–H groups in total. The Morgan fingerprint density at radius 3 is 2.83 bits per heavy atom. The van der Waals surface area contributed by atoms with E-state index < -0.39 is 0 Å². The van der Waals surface area contributed by atoms with E-state index in [1.807, 2.05) is 18.3 Å². The third-order valence-corrected chi connectivity index (χ3v) is 4.16. The summed E-state index contributed by atoms with van der Waals surface area (Å²) < 4.78 is 0. The molecule has 0 amide bonds. The maximum atomic E-state index is 5.80. The molecule has 1 aliphatic rings. The van der Waals surface area contributed by atoms with Gasteiger partial charge in [0.25, 0.3) is 0 Å². The van der Waals surface area contributed by atoms with Gasteiger partial charge in [0.15, 0.2) is 5.96 Å². The molecule has 0 unspecified atom stereocenters. The van der Waals surface area contributed by atoms with E-state index in [1.165, 1.54) is 38.0 Å². The highest BCUT2D eigenvalue weighted by Crippen LogP contribution is 2.07. The lowest BCUT2D eigenvalue weighted by molar-refractivity contribution is 0.336. The van der Waals surface area contributed by atoms with Gasteiger partial charge < -0.3 is 15.5 Å². The molecule has 0 bridgehead atoms. The largest absolute Gasteiger partial charge is 0.357 e. The van der Waals surface area contributed by atoms with Gasteiger partial charge in [-0.2, -0.15) is 0 Å². The molecular formula is C17H28ClN5. The van der Waals surface area contributed by atoms with Crippen LogP contribution in [-0.4, -0.2) is 55.1 Å². The first-order chi connectivity index (χ1) is 11.3. The first kappa shape index (κ1) is 18.0. The van der Waals surface area contributed by atoms with Crippen molar-refractivity contribution in [2.24, 2.45) is 4.99 Å². The summed E-state index contributed by atoms with van der Waals surface area (Å²) in [5.74, 6) is 0.899. The highest BCUT2D eigenvalue weighted by atomic mass is 35.5. The lowest BCUT2D eigenvalue weighted by Gasteiger charge is -2.14. The van der Waals surface area contributed by atoms with Gasteiger partial charge in [0.1, 0.15) is 5.15 Å². The zero-order valence-corrected chi connectivity index (χ0v) is 14.8. The second kappa shape index (κ2) is 10.4. The van der Waals surface area contributed by atoms with Crippen LogP contribution in [0.2, 0.25) is 5.15 Å². The zero-order chi connectivity index (χ0) is 16.3. The Labute approximate surface area is 144 Å². The predicted octanol–water partition coefficient (Wildman–Crippen LogP) is 2.32. The SMILES string of the molecule is CCNC(=NCCCN1CCCC1)NCCc1ccc(Cl)nc1.